The molecule has 2 unspecified atom stereocenters. The SMILES string of the molecule is CCCCCCCCCCCCCCCC(=O)OC[C@H]1O[C@@H](n2cnc3c(=O)[nH]c(N)nc32)C(O)C1O. The minimum Gasteiger partial charge on any atom is -0.463 e. The number of fused-ring (bicyclic) bond motifs is 1. The number of aliphatic hydroxyl groups is 2. The van der Waals surface area contributed by atoms with Gasteiger partial charge in [-0.1, -0.05) is 84.0 Å². The Labute approximate surface area is 217 Å². The van der Waals surface area contributed by atoms with E-state index in [0.717, 1.165) is 19.3 Å². The Bertz CT molecular complexity index is 1020. The lowest BCUT2D eigenvalue weighted by Gasteiger charge is -2.16. The molecule has 3 heterocycles. The van der Waals surface area contributed by atoms with Gasteiger partial charge >= 0.3 is 5.97 Å². The van der Waals surface area contributed by atoms with Crippen molar-refractivity contribution in [3.8, 4) is 0 Å². The molecule has 0 bridgehead atoms. The van der Waals surface area contributed by atoms with Crippen molar-refractivity contribution in [1.82, 2.24) is 19.5 Å². The Morgan fingerprint density at radius 2 is 1.62 bits per heavy atom. The lowest BCUT2D eigenvalue weighted by molar-refractivity contribution is -0.150. The monoisotopic (exact) mass is 521 g/mol. The summed E-state index contributed by atoms with van der Waals surface area (Å²) in [6, 6.07) is 0. The van der Waals surface area contributed by atoms with E-state index in [1.807, 2.05) is 0 Å². The Kier molecular flexibility index (Phi) is 11.8. The number of nitrogens with zero attached hydrogens (tertiary/aromatic N) is 3. The summed E-state index contributed by atoms with van der Waals surface area (Å²) in [7, 11) is 0. The fourth-order valence-corrected chi connectivity index (χ4v) is 4.76. The number of H-pyrrole nitrogens is 1. The van der Waals surface area contributed by atoms with Crippen LogP contribution in [0, 0.1) is 0 Å². The molecular formula is C26H43N5O6. The number of aromatic nitrogens is 4. The Balaban J connectivity index is 1.29. The molecule has 2 aromatic heterocycles. The summed E-state index contributed by atoms with van der Waals surface area (Å²) >= 11 is 0. The number of aromatic amines is 1. The number of nitrogens with one attached hydrogen (secondary N) is 1. The van der Waals surface area contributed by atoms with Gasteiger partial charge in [-0.25, -0.2) is 4.98 Å². The third-order valence-corrected chi connectivity index (χ3v) is 6.96. The fourth-order valence-electron chi connectivity index (χ4n) is 4.76. The number of carbonyl (C=O) groups is 1. The number of esters is 1. The third-order valence-electron chi connectivity index (χ3n) is 6.96. The molecule has 1 fully saturated rings. The van der Waals surface area contributed by atoms with Gasteiger partial charge in [0, 0.05) is 6.42 Å². The van der Waals surface area contributed by atoms with Crippen molar-refractivity contribution in [2.24, 2.45) is 0 Å². The molecule has 0 amide bonds. The number of rotatable bonds is 17. The smallest absolute Gasteiger partial charge is 0.305 e. The van der Waals surface area contributed by atoms with Crippen LogP contribution in [0.2, 0.25) is 0 Å². The van der Waals surface area contributed by atoms with Gasteiger partial charge in [0.15, 0.2) is 17.4 Å². The van der Waals surface area contributed by atoms with Gasteiger partial charge in [0.1, 0.15) is 24.9 Å². The highest BCUT2D eigenvalue weighted by atomic mass is 16.6. The first-order chi connectivity index (χ1) is 17.9. The average Bonchev–Trinajstić information content (AvgIpc) is 3.41. The van der Waals surface area contributed by atoms with Crippen LogP contribution in [0.4, 0.5) is 5.95 Å². The van der Waals surface area contributed by atoms with Crippen LogP contribution in [0.25, 0.3) is 11.2 Å². The number of imidazole rings is 1. The van der Waals surface area contributed by atoms with E-state index in [1.54, 1.807) is 0 Å². The van der Waals surface area contributed by atoms with Crippen molar-refractivity contribution in [2.75, 3.05) is 12.3 Å². The molecule has 1 aliphatic heterocycles. The average molecular weight is 522 g/mol. The molecule has 0 saturated carbocycles. The van der Waals surface area contributed by atoms with Gasteiger partial charge < -0.3 is 25.4 Å². The molecular weight excluding hydrogens is 478 g/mol. The van der Waals surface area contributed by atoms with Crippen LogP contribution < -0.4 is 11.3 Å². The maximum atomic E-state index is 12.2. The van der Waals surface area contributed by atoms with Gasteiger partial charge in [-0.15, -0.1) is 0 Å². The first kappa shape index (κ1) is 29.1. The molecule has 5 N–H and O–H groups in total. The highest BCUT2D eigenvalue weighted by Gasteiger charge is 2.45. The van der Waals surface area contributed by atoms with E-state index >= 15 is 0 Å². The molecule has 2 aromatic rings. The fraction of sp³-hybridized carbons (Fsp3) is 0.769. The number of carbonyl (C=O) groups excluding carboxylic acids is 1. The van der Waals surface area contributed by atoms with E-state index in [-0.39, 0.29) is 29.7 Å². The second-order valence-corrected chi connectivity index (χ2v) is 10.00. The van der Waals surface area contributed by atoms with Gasteiger partial charge in [-0.3, -0.25) is 19.1 Å². The van der Waals surface area contributed by atoms with E-state index in [2.05, 4.69) is 21.9 Å². The molecule has 3 rings (SSSR count). The molecule has 4 atom stereocenters. The van der Waals surface area contributed by atoms with Crippen LogP contribution in [0.3, 0.4) is 0 Å². The predicted octanol–water partition coefficient (Wildman–Crippen LogP) is 3.35. The van der Waals surface area contributed by atoms with E-state index < -0.39 is 30.1 Å². The molecule has 0 radical (unpaired) electrons. The Morgan fingerprint density at radius 3 is 2.24 bits per heavy atom. The van der Waals surface area contributed by atoms with Crippen LogP contribution in [0.1, 0.15) is 103 Å². The second-order valence-electron chi connectivity index (χ2n) is 10.00. The van der Waals surface area contributed by atoms with Crippen LogP contribution in [-0.2, 0) is 14.3 Å². The highest BCUT2D eigenvalue weighted by molar-refractivity contribution is 5.70. The van der Waals surface area contributed by atoms with Gasteiger partial charge in [-0.2, -0.15) is 4.98 Å². The largest absolute Gasteiger partial charge is 0.463 e. The van der Waals surface area contributed by atoms with Gasteiger partial charge in [0.2, 0.25) is 5.95 Å². The lowest BCUT2D eigenvalue weighted by Crippen LogP contribution is -2.34. The van der Waals surface area contributed by atoms with E-state index in [9.17, 15) is 19.8 Å². The second kappa shape index (κ2) is 15.0. The minimum absolute atomic E-state index is 0.0344. The summed E-state index contributed by atoms with van der Waals surface area (Å²) in [5.74, 6) is -0.461. The number of unbranched alkanes of at least 4 members (excludes halogenated alkanes) is 12. The molecule has 1 saturated heterocycles. The molecule has 1 aliphatic rings. The van der Waals surface area contributed by atoms with Gasteiger partial charge in [-0.05, 0) is 6.42 Å². The number of nitrogens with two attached hydrogens (primary N) is 1. The van der Waals surface area contributed by atoms with Crippen LogP contribution in [0.15, 0.2) is 11.1 Å². The molecule has 37 heavy (non-hydrogen) atoms. The van der Waals surface area contributed by atoms with Crippen molar-refractivity contribution in [2.45, 2.75) is 121 Å². The summed E-state index contributed by atoms with van der Waals surface area (Å²) in [6.07, 6.45) is 13.0. The quantitative estimate of drug-likeness (QED) is 0.180. The van der Waals surface area contributed by atoms with Crippen molar-refractivity contribution in [3.05, 3.63) is 16.7 Å². The van der Waals surface area contributed by atoms with Crippen molar-refractivity contribution in [1.29, 1.82) is 0 Å². The summed E-state index contributed by atoms with van der Waals surface area (Å²) < 4.78 is 12.4. The number of hydrogen-bond donors (Lipinski definition) is 4. The molecule has 0 aliphatic carbocycles. The van der Waals surface area contributed by atoms with Crippen molar-refractivity contribution in [3.63, 3.8) is 0 Å². The Hall–Kier alpha value is -2.50. The summed E-state index contributed by atoms with van der Waals surface area (Å²) in [6.45, 7) is 2.06. The highest BCUT2D eigenvalue weighted by Crippen LogP contribution is 2.31. The zero-order chi connectivity index (χ0) is 26.6. The van der Waals surface area contributed by atoms with Gasteiger partial charge in [0.25, 0.3) is 5.56 Å². The first-order valence-electron chi connectivity index (χ1n) is 13.8. The summed E-state index contributed by atoms with van der Waals surface area (Å²) in [4.78, 5) is 34.5. The van der Waals surface area contributed by atoms with E-state index in [1.165, 1.54) is 75.1 Å². The van der Waals surface area contributed by atoms with Crippen LogP contribution >= 0.6 is 0 Å². The Morgan fingerprint density at radius 1 is 1.03 bits per heavy atom. The topological polar surface area (TPSA) is 166 Å². The summed E-state index contributed by atoms with van der Waals surface area (Å²) in [5.41, 5.74) is 5.25. The number of aliphatic hydroxyl groups excluding tert-OH is 2. The zero-order valence-electron chi connectivity index (χ0n) is 21.9. The molecule has 0 aromatic carbocycles. The van der Waals surface area contributed by atoms with Crippen molar-refractivity contribution >= 4 is 23.1 Å². The molecule has 11 heteroatoms. The van der Waals surface area contributed by atoms with Crippen LogP contribution in [-0.4, -0.2) is 60.6 Å². The minimum atomic E-state index is -1.33. The maximum Gasteiger partial charge on any atom is 0.305 e. The molecule has 0 spiro atoms. The predicted molar refractivity (Wildman–Crippen MR) is 140 cm³/mol. The van der Waals surface area contributed by atoms with E-state index in [0.29, 0.717) is 6.42 Å². The number of anilines is 1. The third kappa shape index (κ3) is 8.51. The lowest BCUT2D eigenvalue weighted by atomic mass is 10.0. The number of ether oxygens (including phenoxy) is 2. The van der Waals surface area contributed by atoms with Crippen molar-refractivity contribution < 1.29 is 24.5 Å². The van der Waals surface area contributed by atoms with Crippen LogP contribution in [0.5, 0.6) is 0 Å². The van der Waals surface area contributed by atoms with Gasteiger partial charge in [0.05, 0.1) is 6.33 Å². The van der Waals surface area contributed by atoms with E-state index in [4.69, 9.17) is 15.2 Å². The number of nitrogen functional groups attached to an aromatic ring is 1. The zero-order valence-corrected chi connectivity index (χ0v) is 21.9. The summed E-state index contributed by atoms with van der Waals surface area (Å²) in [5, 5.41) is 20.9. The molecule has 11 nitrogen and oxygen atoms in total. The maximum absolute atomic E-state index is 12.2. The normalized spacial score (nSPS) is 21.6. The number of hydrogen-bond acceptors (Lipinski definition) is 9. The molecule has 208 valence electrons. The first-order valence-corrected chi connectivity index (χ1v) is 13.8. The standard InChI is InChI=1S/C26H43N5O6/c1-2-3-4-5-6-7-8-9-10-11-12-13-14-15-19(32)36-16-18-21(33)22(34)25(37-18)31-17-28-20-23(31)29-26(27)30-24(20)35/h17-18,21-22,25,33-34H,2-16H2,1H3,(H3,27,29,30,35)/t18-,21?,22?,25-/m1/s1.